The van der Waals surface area contributed by atoms with Gasteiger partial charge in [-0.3, -0.25) is 14.2 Å². The summed E-state index contributed by atoms with van der Waals surface area (Å²) in [5, 5.41) is 6.55. The summed E-state index contributed by atoms with van der Waals surface area (Å²) in [6, 6.07) is 11.4. The van der Waals surface area contributed by atoms with Crippen LogP contribution < -0.4 is 10.3 Å². The second-order valence-electron chi connectivity index (χ2n) is 7.04. The molecule has 0 N–H and O–H groups in total. The number of nitrogens with zero attached hydrogens (tertiary/aromatic N) is 3. The van der Waals surface area contributed by atoms with Crippen LogP contribution in [0.15, 0.2) is 47.4 Å². The Hall–Kier alpha value is -3.41. The average Bonchev–Trinajstić information content (AvgIpc) is 3.09. The molecule has 2 aromatic heterocycles. The Morgan fingerprint density at radius 3 is 2.50 bits per heavy atom. The summed E-state index contributed by atoms with van der Waals surface area (Å²) in [4.78, 5) is 25.3. The number of fused-ring (bicyclic) bond motifs is 3. The molecule has 28 heavy (non-hydrogen) atoms. The van der Waals surface area contributed by atoms with E-state index in [0.29, 0.717) is 28.5 Å². The summed E-state index contributed by atoms with van der Waals surface area (Å²) in [5.74, 6) is 0.722. The Morgan fingerprint density at radius 1 is 1.14 bits per heavy atom. The van der Waals surface area contributed by atoms with Gasteiger partial charge in [0.25, 0.3) is 5.56 Å². The first kappa shape index (κ1) is 18.0. The van der Waals surface area contributed by atoms with E-state index in [4.69, 9.17) is 4.74 Å². The van der Waals surface area contributed by atoms with E-state index in [0.717, 1.165) is 22.3 Å². The van der Waals surface area contributed by atoms with E-state index in [1.54, 1.807) is 29.6 Å². The topological polar surface area (TPSA) is 66.1 Å². The maximum atomic E-state index is 13.0. The molecule has 0 radical (unpaired) electrons. The van der Waals surface area contributed by atoms with Crippen molar-refractivity contribution in [2.45, 2.75) is 20.4 Å². The minimum Gasteiger partial charge on any atom is -0.497 e. The molecule has 0 saturated heterocycles. The van der Waals surface area contributed by atoms with Crippen molar-refractivity contribution in [3.05, 3.63) is 69.6 Å². The van der Waals surface area contributed by atoms with Gasteiger partial charge < -0.3 is 4.74 Å². The molecule has 0 amide bonds. The van der Waals surface area contributed by atoms with E-state index in [9.17, 15) is 9.59 Å². The van der Waals surface area contributed by atoms with Crippen LogP contribution in [0.3, 0.4) is 0 Å². The predicted molar refractivity (Wildman–Crippen MR) is 109 cm³/mol. The number of Topliss-reactive ketones (excluding diaryl/α,β-unsaturated/α-hetero) is 1. The van der Waals surface area contributed by atoms with Crippen molar-refractivity contribution in [2.24, 2.45) is 7.05 Å². The zero-order valence-electron chi connectivity index (χ0n) is 16.3. The number of hydrogen-bond acceptors (Lipinski definition) is 4. The van der Waals surface area contributed by atoms with Crippen molar-refractivity contribution in [1.82, 2.24) is 14.3 Å². The van der Waals surface area contributed by atoms with E-state index < -0.39 is 0 Å². The number of methoxy groups -OCH3 is 1. The lowest BCUT2D eigenvalue weighted by molar-refractivity contribution is 0.101. The van der Waals surface area contributed by atoms with Crippen molar-refractivity contribution >= 4 is 27.6 Å². The van der Waals surface area contributed by atoms with Gasteiger partial charge in [-0.05, 0) is 49.2 Å². The molecule has 4 rings (SSSR count). The molecule has 0 saturated carbocycles. The predicted octanol–water partition coefficient (Wildman–Crippen LogP) is 3.46. The molecule has 0 aliphatic rings. The van der Waals surface area contributed by atoms with Gasteiger partial charge >= 0.3 is 0 Å². The molecule has 0 spiro atoms. The monoisotopic (exact) mass is 375 g/mol. The fraction of sp³-hybridized carbons (Fsp3) is 0.227. The number of carbonyl (C=O) groups is 1. The number of pyridine rings is 1. The summed E-state index contributed by atoms with van der Waals surface area (Å²) in [5.41, 5.74) is 3.04. The maximum Gasteiger partial charge on any atom is 0.259 e. The van der Waals surface area contributed by atoms with Crippen LogP contribution in [0.5, 0.6) is 5.75 Å². The normalized spacial score (nSPS) is 11.3. The molecule has 0 fully saturated rings. The molecule has 0 aliphatic heterocycles. The fourth-order valence-electron chi connectivity index (χ4n) is 3.73. The minimum absolute atomic E-state index is 0.0637. The number of aromatic nitrogens is 3. The quantitative estimate of drug-likeness (QED) is 0.513. The molecule has 2 heterocycles. The third kappa shape index (κ3) is 2.78. The molecule has 0 bridgehead atoms. The van der Waals surface area contributed by atoms with Gasteiger partial charge in [0.1, 0.15) is 11.4 Å². The summed E-state index contributed by atoms with van der Waals surface area (Å²) < 4.78 is 8.61. The van der Waals surface area contributed by atoms with Crippen molar-refractivity contribution in [1.29, 1.82) is 0 Å². The van der Waals surface area contributed by atoms with Crippen molar-refractivity contribution in [3.63, 3.8) is 0 Å². The van der Waals surface area contributed by atoms with Gasteiger partial charge in [0, 0.05) is 28.8 Å². The van der Waals surface area contributed by atoms with Gasteiger partial charge in [-0.2, -0.15) is 5.10 Å². The number of ether oxygens (including phenoxy) is 1. The molecule has 0 atom stereocenters. The van der Waals surface area contributed by atoms with Crippen molar-refractivity contribution < 1.29 is 9.53 Å². The highest BCUT2D eigenvalue weighted by Gasteiger charge is 2.18. The highest BCUT2D eigenvalue weighted by Crippen LogP contribution is 2.28. The molecule has 4 aromatic rings. The standard InChI is InChI=1S/C22H21N3O3/c1-13-9-17(14(2)26)20-18(10-13)22(27)24(3)21-19(20)11-23-25(21)12-15-5-7-16(28-4)8-6-15/h5-11H,12H2,1-4H3. The zero-order chi connectivity index (χ0) is 20.0. The molecule has 142 valence electrons. The van der Waals surface area contributed by atoms with Crippen molar-refractivity contribution in [2.75, 3.05) is 7.11 Å². The van der Waals surface area contributed by atoms with Crippen LogP contribution in [0.1, 0.15) is 28.4 Å². The lowest BCUT2D eigenvalue weighted by Crippen LogP contribution is -2.20. The third-order valence-electron chi connectivity index (χ3n) is 5.09. The summed E-state index contributed by atoms with van der Waals surface area (Å²) in [7, 11) is 3.37. The highest BCUT2D eigenvalue weighted by molar-refractivity contribution is 6.16. The van der Waals surface area contributed by atoms with E-state index in [2.05, 4.69) is 5.10 Å². The Kier molecular flexibility index (Phi) is 4.26. The molecular weight excluding hydrogens is 354 g/mol. The van der Waals surface area contributed by atoms with Crippen LogP contribution in [0.4, 0.5) is 0 Å². The first-order valence-electron chi connectivity index (χ1n) is 9.03. The SMILES string of the molecule is COc1ccc(Cn2ncc3c4c(C(C)=O)cc(C)cc4c(=O)n(C)c32)cc1. The van der Waals surface area contributed by atoms with Crippen LogP contribution in [-0.2, 0) is 13.6 Å². The molecule has 0 unspecified atom stereocenters. The van der Waals surface area contributed by atoms with Gasteiger partial charge in [0.15, 0.2) is 5.78 Å². The van der Waals surface area contributed by atoms with Gasteiger partial charge in [-0.1, -0.05) is 12.1 Å². The largest absolute Gasteiger partial charge is 0.497 e. The third-order valence-corrected chi connectivity index (χ3v) is 5.09. The number of carbonyl (C=O) groups excluding carboxylic acids is 1. The smallest absolute Gasteiger partial charge is 0.259 e. The van der Waals surface area contributed by atoms with Gasteiger partial charge in [-0.15, -0.1) is 0 Å². The highest BCUT2D eigenvalue weighted by atomic mass is 16.5. The van der Waals surface area contributed by atoms with Gasteiger partial charge in [-0.25, -0.2) is 4.68 Å². The number of benzene rings is 2. The molecule has 6 heteroatoms. The van der Waals surface area contributed by atoms with E-state index >= 15 is 0 Å². The Balaban J connectivity index is 1.98. The maximum absolute atomic E-state index is 13.0. The zero-order valence-corrected chi connectivity index (χ0v) is 16.3. The lowest BCUT2D eigenvalue weighted by Gasteiger charge is -2.12. The first-order valence-corrected chi connectivity index (χ1v) is 9.03. The van der Waals surface area contributed by atoms with E-state index in [1.807, 2.05) is 43.3 Å². The molecular formula is C22H21N3O3. The Morgan fingerprint density at radius 2 is 1.86 bits per heavy atom. The van der Waals surface area contributed by atoms with E-state index in [-0.39, 0.29) is 11.3 Å². The van der Waals surface area contributed by atoms with Crippen LogP contribution >= 0.6 is 0 Å². The second-order valence-corrected chi connectivity index (χ2v) is 7.04. The van der Waals surface area contributed by atoms with Crippen molar-refractivity contribution in [3.8, 4) is 5.75 Å². The number of rotatable bonds is 4. The van der Waals surface area contributed by atoms with E-state index in [1.165, 1.54) is 6.92 Å². The lowest BCUT2D eigenvalue weighted by atomic mass is 9.98. The first-order chi connectivity index (χ1) is 13.4. The summed E-state index contributed by atoms with van der Waals surface area (Å²) in [6.07, 6.45) is 1.74. The van der Waals surface area contributed by atoms with Crippen LogP contribution in [-0.4, -0.2) is 27.2 Å². The average molecular weight is 375 g/mol. The molecule has 0 aliphatic carbocycles. The molecule has 6 nitrogen and oxygen atoms in total. The fourth-order valence-corrected chi connectivity index (χ4v) is 3.73. The number of aryl methyl sites for hydroxylation is 2. The molecule has 2 aromatic carbocycles. The van der Waals surface area contributed by atoms with Gasteiger partial charge in [0.05, 0.1) is 19.9 Å². The minimum atomic E-state index is -0.134. The Labute approximate surface area is 162 Å². The number of ketones is 1. The van der Waals surface area contributed by atoms with Crippen LogP contribution in [0.2, 0.25) is 0 Å². The summed E-state index contributed by atoms with van der Waals surface area (Å²) >= 11 is 0. The van der Waals surface area contributed by atoms with Crippen LogP contribution in [0, 0.1) is 6.92 Å². The van der Waals surface area contributed by atoms with Crippen LogP contribution in [0.25, 0.3) is 21.8 Å². The summed E-state index contributed by atoms with van der Waals surface area (Å²) in [6.45, 7) is 3.93. The Bertz CT molecular complexity index is 1280. The second kappa shape index (κ2) is 6.64. The number of hydrogen-bond donors (Lipinski definition) is 0. The van der Waals surface area contributed by atoms with Gasteiger partial charge in [0.2, 0.25) is 0 Å².